The molecule has 0 saturated heterocycles. The van der Waals surface area contributed by atoms with Crippen LogP contribution < -0.4 is 4.74 Å². The van der Waals surface area contributed by atoms with Gasteiger partial charge in [-0.05, 0) is 48.0 Å². The van der Waals surface area contributed by atoms with Crippen LogP contribution in [0.1, 0.15) is 21.5 Å². The van der Waals surface area contributed by atoms with Crippen molar-refractivity contribution in [3.63, 3.8) is 0 Å². The fourth-order valence-electron chi connectivity index (χ4n) is 2.49. The van der Waals surface area contributed by atoms with E-state index in [-0.39, 0.29) is 12.2 Å². The number of allylic oxidation sites excluding steroid dienone is 1. The molecule has 3 rings (SSSR count). The van der Waals surface area contributed by atoms with Crippen molar-refractivity contribution in [1.82, 2.24) is 4.98 Å². The van der Waals surface area contributed by atoms with Crippen LogP contribution in [0.3, 0.4) is 0 Å². The number of para-hydroxylation sites is 1. The second-order valence-corrected chi connectivity index (χ2v) is 5.78. The minimum Gasteiger partial charge on any atom is -0.481 e. The molecule has 1 N–H and O–H groups in total. The van der Waals surface area contributed by atoms with Crippen LogP contribution in [-0.2, 0) is 11.2 Å². The quantitative estimate of drug-likeness (QED) is 0.500. The highest BCUT2D eigenvalue weighted by Crippen LogP contribution is 2.23. The normalized spacial score (nSPS) is 10.7. The van der Waals surface area contributed by atoms with Crippen LogP contribution in [0.2, 0.25) is 0 Å². The number of carbonyl (C=O) groups is 2. The first-order valence-electron chi connectivity index (χ1n) is 8.33. The van der Waals surface area contributed by atoms with E-state index in [4.69, 9.17) is 9.84 Å². The molecule has 0 bridgehead atoms. The number of nitrogens with zero attached hydrogens (tertiary/aromatic N) is 1. The lowest BCUT2D eigenvalue weighted by Gasteiger charge is -2.07. The Labute approximate surface area is 156 Å². The number of ketones is 1. The Bertz CT molecular complexity index is 980. The minimum atomic E-state index is -0.937. The first-order valence-corrected chi connectivity index (χ1v) is 8.33. The molecule has 0 atom stereocenters. The number of ether oxygens (including phenoxy) is 1. The van der Waals surface area contributed by atoms with Gasteiger partial charge < -0.3 is 9.84 Å². The van der Waals surface area contributed by atoms with E-state index in [9.17, 15) is 9.59 Å². The molecule has 0 radical (unpaired) electrons. The summed E-state index contributed by atoms with van der Waals surface area (Å²) in [5.41, 5.74) is 1.67. The summed E-state index contributed by atoms with van der Waals surface area (Å²) in [4.78, 5) is 27.5. The Morgan fingerprint density at radius 2 is 1.81 bits per heavy atom. The van der Waals surface area contributed by atoms with Gasteiger partial charge in [-0.25, -0.2) is 4.98 Å². The number of hydrogen-bond acceptors (Lipinski definition) is 4. The predicted octanol–water partition coefficient (Wildman–Crippen LogP) is 4.40. The molecular weight excluding hydrogens is 342 g/mol. The Morgan fingerprint density at radius 1 is 1.00 bits per heavy atom. The van der Waals surface area contributed by atoms with Gasteiger partial charge in [0.25, 0.3) is 0 Å². The number of carbonyl (C=O) groups excluding carboxylic acids is 1. The molecule has 0 spiro atoms. The SMILES string of the molecule is O=C(O)Cc1cccc(C(=O)C=Cc2cccnc2Oc2ccccc2)c1. The molecule has 5 nitrogen and oxygen atoms in total. The second-order valence-electron chi connectivity index (χ2n) is 5.78. The van der Waals surface area contributed by atoms with Crippen molar-refractivity contribution >= 4 is 17.8 Å². The summed E-state index contributed by atoms with van der Waals surface area (Å²) in [5.74, 6) is -0.115. The Morgan fingerprint density at radius 3 is 2.59 bits per heavy atom. The third kappa shape index (κ3) is 5.12. The van der Waals surface area contributed by atoms with Gasteiger partial charge in [0.2, 0.25) is 5.88 Å². The number of aliphatic carboxylic acids is 1. The van der Waals surface area contributed by atoms with E-state index in [0.29, 0.717) is 28.3 Å². The third-order valence-corrected chi connectivity index (χ3v) is 3.74. The molecule has 0 aliphatic heterocycles. The monoisotopic (exact) mass is 359 g/mol. The summed E-state index contributed by atoms with van der Waals surface area (Å²) in [6, 6.07) is 19.4. The van der Waals surface area contributed by atoms with Gasteiger partial charge in [0, 0.05) is 17.3 Å². The van der Waals surface area contributed by atoms with E-state index < -0.39 is 5.97 Å². The van der Waals surface area contributed by atoms with E-state index in [1.54, 1.807) is 48.7 Å². The van der Waals surface area contributed by atoms with Crippen molar-refractivity contribution in [3.8, 4) is 11.6 Å². The molecule has 2 aromatic carbocycles. The van der Waals surface area contributed by atoms with Crippen molar-refractivity contribution in [2.75, 3.05) is 0 Å². The third-order valence-electron chi connectivity index (χ3n) is 3.74. The topological polar surface area (TPSA) is 76.5 Å². The number of benzene rings is 2. The van der Waals surface area contributed by atoms with E-state index >= 15 is 0 Å². The molecule has 27 heavy (non-hydrogen) atoms. The Balaban J connectivity index is 1.78. The molecule has 0 amide bonds. The number of pyridine rings is 1. The average molecular weight is 359 g/mol. The lowest BCUT2D eigenvalue weighted by atomic mass is 10.0. The van der Waals surface area contributed by atoms with Gasteiger partial charge in [0.05, 0.1) is 6.42 Å². The zero-order valence-corrected chi connectivity index (χ0v) is 14.4. The standard InChI is InChI=1S/C22H17NO4/c24-20(18-7-4-6-16(14-18)15-21(25)26)12-11-17-8-5-13-23-22(17)27-19-9-2-1-3-10-19/h1-14H,15H2,(H,25,26). The lowest BCUT2D eigenvalue weighted by Crippen LogP contribution is -2.02. The van der Waals surface area contributed by atoms with Gasteiger partial charge in [-0.1, -0.05) is 36.4 Å². The van der Waals surface area contributed by atoms with Gasteiger partial charge in [0.1, 0.15) is 5.75 Å². The summed E-state index contributed by atoms with van der Waals surface area (Å²) in [7, 11) is 0. The summed E-state index contributed by atoms with van der Waals surface area (Å²) in [6.45, 7) is 0. The van der Waals surface area contributed by atoms with Crippen LogP contribution in [0.15, 0.2) is 79.0 Å². The Kier molecular flexibility index (Phi) is 5.74. The van der Waals surface area contributed by atoms with Gasteiger partial charge >= 0.3 is 5.97 Å². The van der Waals surface area contributed by atoms with E-state index in [1.165, 1.54) is 6.08 Å². The van der Waals surface area contributed by atoms with Crippen LogP contribution >= 0.6 is 0 Å². The van der Waals surface area contributed by atoms with Crippen molar-refractivity contribution < 1.29 is 19.4 Å². The molecule has 5 heteroatoms. The van der Waals surface area contributed by atoms with Gasteiger partial charge in [-0.3, -0.25) is 9.59 Å². The molecule has 1 aromatic heterocycles. The lowest BCUT2D eigenvalue weighted by molar-refractivity contribution is -0.136. The summed E-state index contributed by atoms with van der Waals surface area (Å²) >= 11 is 0. The first-order chi connectivity index (χ1) is 13.1. The van der Waals surface area contributed by atoms with Crippen LogP contribution in [0.5, 0.6) is 11.6 Å². The summed E-state index contributed by atoms with van der Waals surface area (Å²) in [6.07, 6.45) is 4.56. The molecule has 134 valence electrons. The van der Waals surface area contributed by atoms with E-state index in [1.807, 2.05) is 30.3 Å². The van der Waals surface area contributed by atoms with Crippen molar-refractivity contribution in [3.05, 3.63) is 95.7 Å². The number of carboxylic acid groups (broad SMARTS) is 1. The zero-order valence-electron chi connectivity index (χ0n) is 14.4. The molecular formula is C22H17NO4. The van der Waals surface area contributed by atoms with Crippen LogP contribution in [0.4, 0.5) is 0 Å². The number of hydrogen-bond donors (Lipinski definition) is 1. The zero-order chi connectivity index (χ0) is 19.1. The van der Waals surface area contributed by atoms with Crippen LogP contribution in [-0.4, -0.2) is 21.8 Å². The fourth-order valence-corrected chi connectivity index (χ4v) is 2.49. The average Bonchev–Trinajstić information content (AvgIpc) is 2.67. The maximum Gasteiger partial charge on any atom is 0.307 e. The van der Waals surface area contributed by atoms with E-state index in [2.05, 4.69) is 4.98 Å². The molecule has 0 aliphatic carbocycles. The molecule has 0 fully saturated rings. The maximum atomic E-state index is 12.4. The summed E-state index contributed by atoms with van der Waals surface area (Å²) in [5, 5.41) is 8.88. The highest BCUT2D eigenvalue weighted by molar-refractivity contribution is 6.07. The highest BCUT2D eigenvalue weighted by Gasteiger charge is 2.07. The summed E-state index contributed by atoms with van der Waals surface area (Å²) < 4.78 is 5.77. The molecule has 1 heterocycles. The van der Waals surface area contributed by atoms with Crippen molar-refractivity contribution in [2.45, 2.75) is 6.42 Å². The van der Waals surface area contributed by atoms with Gasteiger partial charge in [-0.15, -0.1) is 0 Å². The van der Waals surface area contributed by atoms with Gasteiger partial charge in [-0.2, -0.15) is 0 Å². The smallest absolute Gasteiger partial charge is 0.307 e. The largest absolute Gasteiger partial charge is 0.481 e. The van der Waals surface area contributed by atoms with Crippen molar-refractivity contribution in [2.24, 2.45) is 0 Å². The van der Waals surface area contributed by atoms with Crippen molar-refractivity contribution in [1.29, 1.82) is 0 Å². The Hall–Kier alpha value is -3.73. The molecule has 0 unspecified atom stereocenters. The first kappa shape index (κ1) is 18.1. The maximum absolute atomic E-state index is 12.4. The molecule has 3 aromatic rings. The number of carboxylic acids is 1. The second kappa shape index (κ2) is 8.58. The van der Waals surface area contributed by atoms with E-state index in [0.717, 1.165) is 0 Å². The number of aromatic nitrogens is 1. The highest BCUT2D eigenvalue weighted by atomic mass is 16.5. The van der Waals surface area contributed by atoms with Gasteiger partial charge in [0.15, 0.2) is 5.78 Å². The van der Waals surface area contributed by atoms with Crippen LogP contribution in [0.25, 0.3) is 6.08 Å². The van der Waals surface area contributed by atoms with Crippen LogP contribution in [0, 0.1) is 0 Å². The number of rotatable bonds is 7. The molecule has 0 aliphatic rings. The molecule has 0 saturated carbocycles. The fraction of sp³-hybridized carbons (Fsp3) is 0.0455. The minimum absolute atomic E-state index is 0.123. The predicted molar refractivity (Wildman–Crippen MR) is 102 cm³/mol.